The Morgan fingerprint density at radius 1 is 1.12 bits per heavy atom. The Morgan fingerprint density at radius 2 is 1.78 bits per heavy atom. The van der Waals surface area contributed by atoms with Crippen molar-refractivity contribution in [2.24, 2.45) is 5.92 Å². The molecule has 0 aromatic heterocycles. The molecule has 0 saturated heterocycles. The molecule has 1 radical (unpaired) electrons. The topological polar surface area (TPSA) is 83.6 Å². The maximum atomic E-state index is 12.6. The number of amides is 2. The number of benzene rings is 1. The fourth-order valence-corrected chi connectivity index (χ4v) is 5.31. The Hall–Kier alpha value is -2.93. The fraction of sp³-hybridized carbons (Fsp3) is 0.320. The van der Waals surface area contributed by atoms with Gasteiger partial charge in [0.05, 0.1) is 17.4 Å². The number of allylic oxidation sites excluding steroid dienone is 2. The molecule has 171 valence electrons. The van der Waals surface area contributed by atoms with Crippen molar-refractivity contribution in [1.82, 2.24) is 4.90 Å². The van der Waals surface area contributed by atoms with Gasteiger partial charge in [0.15, 0.2) is 9.84 Å². The van der Waals surface area contributed by atoms with Gasteiger partial charge in [0.25, 0.3) is 5.91 Å². The Bertz CT molecular complexity index is 1030. The molecule has 1 aromatic rings. The number of sulfone groups is 1. The number of nitrogens with zero attached hydrogens (tertiary/aromatic N) is 1. The number of hydrogen-bond acceptors (Lipinski definition) is 4. The van der Waals surface area contributed by atoms with Crippen molar-refractivity contribution in [3.63, 3.8) is 0 Å². The number of hydrogen-bond donors (Lipinski definition) is 1. The summed E-state index contributed by atoms with van der Waals surface area (Å²) in [5, 5.41) is 2.20. The molecule has 2 aliphatic rings. The number of rotatable bonds is 11. The predicted molar refractivity (Wildman–Crippen MR) is 130 cm³/mol. The zero-order valence-electron chi connectivity index (χ0n) is 18.1. The van der Waals surface area contributed by atoms with Crippen LogP contribution in [0.25, 0.3) is 0 Å². The molecule has 1 saturated carbocycles. The second-order valence-electron chi connectivity index (χ2n) is 8.12. The number of anilines is 1. The van der Waals surface area contributed by atoms with Crippen LogP contribution in [0.5, 0.6) is 0 Å². The molecule has 2 aliphatic carbocycles. The van der Waals surface area contributed by atoms with Crippen molar-refractivity contribution in [1.29, 1.82) is 0 Å². The lowest BCUT2D eigenvalue weighted by Gasteiger charge is -2.19. The van der Waals surface area contributed by atoms with Gasteiger partial charge >= 0.3 is 0 Å². The molecule has 0 spiro atoms. The van der Waals surface area contributed by atoms with Crippen molar-refractivity contribution < 1.29 is 19.4 Å². The molecule has 0 aliphatic heterocycles. The Morgan fingerprint density at radius 3 is 2.31 bits per heavy atom. The lowest BCUT2D eigenvalue weighted by molar-refractivity contribution is -0.115. The van der Waals surface area contributed by atoms with E-state index in [4.69, 9.17) is 0 Å². The largest absolute Gasteiger partial charge is 0.331 e. The van der Waals surface area contributed by atoms with Crippen molar-refractivity contribution in [3.05, 3.63) is 85.4 Å². The first-order valence-electron chi connectivity index (χ1n) is 10.7. The van der Waals surface area contributed by atoms with Gasteiger partial charge in [-0.1, -0.05) is 30.4 Å². The van der Waals surface area contributed by atoms with Crippen LogP contribution in [0.2, 0.25) is 0 Å². The van der Waals surface area contributed by atoms with Gasteiger partial charge in [-0.15, -0.1) is 13.2 Å². The second-order valence-corrected chi connectivity index (χ2v) is 10.3. The molecule has 1 N–H and O–H groups in total. The van der Waals surface area contributed by atoms with Gasteiger partial charge in [0.2, 0.25) is 5.91 Å². The minimum Gasteiger partial charge on any atom is -0.331 e. The summed E-state index contributed by atoms with van der Waals surface area (Å²) in [4.78, 5) is 26.6. The van der Waals surface area contributed by atoms with Gasteiger partial charge in [-0.2, -0.15) is 0 Å². The summed E-state index contributed by atoms with van der Waals surface area (Å²) >= 11 is 0. The highest BCUT2D eigenvalue weighted by molar-refractivity contribution is 7.92. The maximum absolute atomic E-state index is 12.6. The van der Waals surface area contributed by atoms with E-state index >= 15 is 0 Å². The molecule has 7 heteroatoms. The normalized spacial score (nSPS) is 17.9. The first-order chi connectivity index (χ1) is 15.3. The van der Waals surface area contributed by atoms with Crippen LogP contribution in [-0.4, -0.2) is 49.2 Å². The zero-order valence-corrected chi connectivity index (χ0v) is 18.9. The van der Waals surface area contributed by atoms with Crippen molar-refractivity contribution in [2.45, 2.75) is 24.5 Å². The summed E-state index contributed by atoms with van der Waals surface area (Å²) < 4.78 is 24.7. The average molecular weight is 456 g/mol. The molecular formula is C25H31N2O4S. The van der Waals surface area contributed by atoms with Gasteiger partial charge in [-0.05, 0) is 48.6 Å². The van der Waals surface area contributed by atoms with Crippen LogP contribution in [-0.2, 0) is 14.6 Å². The Balaban J connectivity index is 0.00000385. The van der Waals surface area contributed by atoms with Gasteiger partial charge in [0.1, 0.15) is 0 Å². The molecule has 1 unspecified atom stereocenters. The molecule has 0 bridgehead atoms. The van der Waals surface area contributed by atoms with E-state index in [0.29, 0.717) is 30.3 Å². The molecule has 6 nitrogen and oxygen atoms in total. The zero-order chi connectivity index (χ0) is 23.1. The summed E-state index contributed by atoms with van der Waals surface area (Å²) in [6.07, 6.45) is 12.2. The minimum atomic E-state index is -3.17. The van der Waals surface area contributed by atoms with Crippen LogP contribution in [0.4, 0.5) is 5.69 Å². The molecular weight excluding hydrogens is 424 g/mol. The van der Waals surface area contributed by atoms with E-state index in [2.05, 4.69) is 18.5 Å². The van der Waals surface area contributed by atoms with E-state index in [-0.39, 0.29) is 25.4 Å². The third kappa shape index (κ3) is 6.53. The van der Waals surface area contributed by atoms with Crippen LogP contribution in [0.1, 0.15) is 31.0 Å². The minimum absolute atomic E-state index is 0. The van der Waals surface area contributed by atoms with E-state index < -0.39 is 15.1 Å². The molecule has 32 heavy (non-hydrogen) atoms. The number of nitrogens with one attached hydrogen (secondary N) is 1. The van der Waals surface area contributed by atoms with E-state index in [9.17, 15) is 18.0 Å². The highest BCUT2D eigenvalue weighted by Gasteiger charge is 2.32. The third-order valence-corrected chi connectivity index (χ3v) is 7.43. The van der Waals surface area contributed by atoms with Gasteiger partial charge in [-0.25, -0.2) is 8.42 Å². The van der Waals surface area contributed by atoms with Crippen LogP contribution in [0, 0.1) is 12.3 Å². The van der Waals surface area contributed by atoms with Gasteiger partial charge in [-0.3, -0.25) is 9.59 Å². The third-order valence-electron chi connectivity index (χ3n) is 5.35. The Labute approximate surface area is 191 Å². The summed E-state index contributed by atoms with van der Waals surface area (Å²) in [5.74, 6) is 0.195. The van der Waals surface area contributed by atoms with Crippen molar-refractivity contribution in [2.75, 3.05) is 24.2 Å². The quantitative estimate of drug-likeness (QED) is 0.512. The van der Waals surface area contributed by atoms with Crippen LogP contribution in [0.15, 0.2) is 73.4 Å². The summed E-state index contributed by atoms with van der Waals surface area (Å²) in [5.41, 5.74) is 1.84. The molecule has 3 rings (SSSR count). The molecule has 1 fully saturated rings. The maximum Gasteiger partial charge on any atom is 0.254 e. The molecule has 1 aromatic carbocycles. The highest BCUT2D eigenvalue weighted by atomic mass is 32.2. The van der Waals surface area contributed by atoms with Crippen molar-refractivity contribution >= 4 is 27.3 Å². The van der Waals surface area contributed by atoms with Gasteiger partial charge < -0.3 is 10.2 Å². The average Bonchev–Trinajstić information content (AvgIpc) is 3.57. The molecule has 1 atom stereocenters. The van der Waals surface area contributed by atoms with Crippen molar-refractivity contribution in [3.8, 4) is 0 Å². The highest BCUT2D eigenvalue weighted by Crippen LogP contribution is 2.32. The predicted octanol–water partition coefficient (Wildman–Crippen LogP) is 3.97. The number of carbonyl (C=O) groups excluding carboxylic acids is 2. The van der Waals surface area contributed by atoms with E-state index in [1.165, 1.54) is 0 Å². The SMILES string of the molecule is C=CCN(CC=C)C(=O)c1ccc(NC(=O)CC2=C[CH]C(S(=O)(=O)CC3CC3)C=C2)cc1.[HH]. The second kappa shape index (κ2) is 10.6. The van der Waals surface area contributed by atoms with E-state index in [1.807, 2.05) is 0 Å². The Kier molecular flexibility index (Phi) is 7.85. The first kappa shape index (κ1) is 23.7. The summed E-state index contributed by atoms with van der Waals surface area (Å²) in [7, 11) is -3.17. The number of carbonyl (C=O) groups is 2. The summed E-state index contributed by atoms with van der Waals surface area (Å²) in [6, 6.07) is 6.70. The first-order valence-corrected chi connectivity index (χ1v) is 12.4. The van der Waals surface area contributed by atoms with Crippen LogP contribution < -0.4 is 5.32 Å². The molecule has 2 amide bonds. The van der Waals surface area contributed by atoms with Crippen LogP contribution >= 0.6 is 0 Å². The van der Waals surface area contributed by atoms with Gasteiger partial charge in [0, 0.05) is 32.2 Å². The molecule has 0 heterocycles. The lowest BCUT2D eigenvalue weighted by Crippen LogP contribution is -2.31. The van der Waals surface area contributed by atoms with E-state index in [1.54, 1.807) is 66.0 Å². The fourth-order valence-electron chi connectivity index (χ4n) is 3.46. The van der Waals surface area contributed by atoms with E-state index in [0.717, 1.165) is 18.4 Å². The smallest absolute Gasteiger partial charge is 0.254 e. The van der Waals surface area contributed by atoms with Crippen LogP contribution in [0.3, 0.4) is 0 Å². The summed E-state index contributed by atoms with van der Waals surface area (Å²) in [6.45, 7) is 8.18. The standard InChI is InChI=1S/C25H29N2O4S.H2/c1-3-15-27(16-4-2)25(29)21-9-11-22(12-10-21)26-24(28)17-19-7-13-23(14-8-19)32(30,31)18-20-5-6-20;/h3-4,7-14,20,23H,1-2,5-6,15-18H2,(H,26,28);1H. The monoisotopic (exact) mass is 455 g/mol. The lowest BCUT2D eigenvalue weighted by atomic mass is 10.0.